The van der Waals surface area contributed by atoms with Crippen LogP contribution in [-0.2, 0) is 9.53 Å². The van der Waals surface area contributed by atoms with E-state index in [4.69, 9.17) is 15.2 Å². The predicted molar refractivity (Wildman–Crippen MR) is 115 cm³/mol. The maximum Gasteiger partial charge on any atom is 0.216 e. The first kappa shape index (κ1) is 21.3. The van der Waals surface area contributed by atoms with Gasteiger partial charge in [-0.15, -0.1) is 0 Å². The Bertz CT molecular complexity index is 983. The standard InChI is InChI=1S/C23H26N4O3/c1-4-10-29-22-15(2)30-20-9-8-18(17-7-5-6-16(11-17)13-24)12-19(20)21(22)26-23(25)27(3)14-28/h5-9,11-12,14-15,21-22H,4,10H2,1-3H3,(H2,25,26)/t15-,21-,22+/m0/s1. The van der Waals surface area contributed by atoms with Gasteiger partial charge in [-0.05, 0) is 48.7 Å². The summed E-state index contributed by atoms with van der Waals surface area (Å²) in [6.07, 6.45) is 0.891. The molecule has 1 aliphatic heterocycles. The fourth-order valence-corrected chi connectivity index (χ4v) is 3.45. The van der Waals surface area contributed by atoms with Crippen molar-refractivity contribution in [3.8, 4) is 22.9 Å². The molecule has 2 aromatic carbocycles. The van der Waals surface area contributed by atoms with Gasteiger partial charge in [-0.2, -0.15) is 5.26 Å². The number of amides is 1. The van der Waals surface area contributed by atoms with E-state index in [9.17, 15) is 10.1 Å². The maximum absolute atomic E-state index is 11.1. The Morgan fingerprint density at radius 1 is 1.33 bits per heavy atom. The Hall–Kier alpha value is -3.37. The average Bonchev–Trinajstić information content (AvgIpc) is 2.77. The van der Waals surface area contributed by atoms with Gasteiger partial charge in [0.2, 0.25) is 6.41 Å². The molecule has 7 heteroatoms. The highest BCUT2D eigenvalue weighted by molar-refractivity contribution is 5.87. The lowest BCUT2D eigenvalue weighted by atomic mass is 9.91. The third-order valence-electron chi connectivity index (χ3n) is 5.05. The van der Waals surface area contributed by atoms with E-state index in [1.54, 1.807) is 13.1 Å². The van der Waals surface area contributed by atoms with Crippen molar-refractivity contribution in [2.24, 2.45) is 10.7 Å². The van der Waals surface area contributed by atoms with Gasteiger partial charge in [0, 0.05) is 19.2 Å². The molecule has 0 aromatic heterocycles. The molecule has 3 rings (SSSR count). The summed E-state index contributed by atoms with van der Waals surface area (Å²) in [5.41, 5.74) is 9.32. The molecule has 156 valence electrons. The van der Waals surface area contributed by atoms with Crippen molar-refractivity contribution in [3.63, 3.8) is 0 Å². The van der Waals surface area contributed by atoms with Crippen molar-refractivity contribution >= 4 is 12.4 Å². The number of nitrogens with two attached hydrogens (primary N) is 1. The fraction of sp³-hybridized carbons (Fsp3) is 0.348. The molecule has 1 aliphatic rings. The summed E-state index contributed by atoms with van der Waals surface area (Å²) in [4.78, 5) is 17.0. The molecule has 30 heavy (non-hydrogen) atoms. The lowest BCUT2D eigenvalue weighted by Gasteiger charge is -2.36. The van der Waals surface area contributed by atoms with Crippen LogP contribution in [0.2, 0.25) is 0 Å². The van der Waals surface area contributed by atoms with Crippen LogP contribution in [0, 0.1) is 11.3 Å². The number of hydrogen-bond acceptors (Lipinski definition) is 5. The van der Waals surface area contributed by atoms with Crippen LogP contribution >= 0.6 is 0 Å². The summed E-state index contributed by atoms with van der Waals surface area (Å²) in [7, 11) is 1.56. The molecular weight excluding hydrogens is 380 g/mol. The van der Waals surface area contributed by atoms with E-state index in [1.165, 1.54) is 4.90 Å². The number of aliphatic imine (C=N–C) groups is 1. The third-order valence-corrected chi connectivity index (χ3v) is 5.05. The van der Waals surface area contributed by atoms with Gasteiger partial charge in [-0.3, -0.25) is 9.69 Å². The van der Waals surface area contributed by atoms with Crippen molar-refractivity contribution < 1.29 is 14.3 Å². The molecule has 3 atom stereocenters. The van der Waals surface area contributed by atoms with Gasteiger partial charge >= 0.3 is 0 Å². The van der Waals surface area contributed by atoms with Crippen molar-refractivity contribution in [2.75, 3.05) is 13.7 Å². The van der Waals surface area contributed by atoms with E-state index < -0.39 is 6.04 Å². The quantitative estimate of drug-likeness (QED) is 0.451. The predicted octanol–water partition coefficient (Wildman–Crippen LogP) is 3.25. The van der Waals surface area contributed by atoms with Gasteiger partial charge in [0.05, 0.1) is 11.6 Å². The van der Waals surface area contributed by atoms with Crippen molar-refractivity contribution in [1.29, 1.82) is 5.26 Å². The molecule has 0 spiro atoms. The van der Waals surface area contributed by atoms with Crippen LogP contribution in [0.25, 0.3) is 11.1 Å². The number of rotatable bonds is 6. The molecule has 1 heterocycles. The number of carbonyl (C=O) groups excluding carboxylic acids is 1. The van der Waals surface area contributed by atoms with Crippen LogP contribution in [0.3, 0.4) is 0 Å². The van der Waals surface area contributed by atoms with E-state index in [0.29, 0.717) is 24.3 Å². The number of nitriles is 1. The number of carbonyl (C=O) groups is 1. The molecule has 1 amide bonds. The smallest absolute Gasteiger partial charge is 0.216 e. The monoisotopic (exact) mass is 406 g/mol. The molecule has 0 saturated carbocycles. The van der Waals surface area contributed by atoms with Gasteiger partial charge in [0.25, 0.3) is 0 Å². The molecule has 0 radical (unpaired) electrons. The summed E-state index contributed by atoms with van der Waals surface area (Å²) in [5, 5.41) is 9.21. The Labute approximate surface area is 176 Å². The molecule has 7 nitrogen and oxygen atoms in total. The maximum atomic E-state index is 11.1. The van der Waals surface area contributed by atoms with Crippen molar-refractivity contribution in [2.45, 2.75) is 38.5 Å². The van der Waals surface area contributed by atoms with E-state index in [-0.39, 0.29) is 18.2 Å². The first-order valence-electron chi connectivity index (χ1n) is 9.92. The zero-order valence-corrected chi connectivity index (χ0v) is 17.4. The van der Waals surface area contributed by atoms with Gasteiger partial charge in [0.15, 0.2) is 5.96 Å². The fourth-order valence-electron chi connectivity index (χ4n) is 3.45. The molecule has 0 fully saturated rings. The number of hydrogen-bond donors (Lipinski definition) is 1. The van der Waals surface area contributed by atoms with Gasteiger partial charge in [-0.25, -0.2) is 4.99 Å². The highest BCUT2D eigenvalue weighted by atomic mass is 16.5. The van der Waals surface area contributed by atoms with Gasteiger partial charge in [0.1, 0.15) is 24.0 Å². The molecule has 0 unspecified atom stereocenters. The van der Waals surface area contributed by atoms with Crippen LogP contribution < -0.4 is 10.5 Å². The first-order valence-corrected chi connectivity index (χ1v) is 9.92. The van der Waals surface area contributed by atoms with E-state index >= 15 is 0 Å². The SMILES string of the molecule is CCCO[C@@H]1[C@H](C)Oc2ccc(-c3cccc(C#N)c3)cc2[C@@H]1N=C(N)N(C)C=O. The second kappa shape index (κ2) is 9.42. The zero-order chi connectivity index (χ0) is 21.7. The Morgan fingerprint density at radius 2 is 2.10 bits per heavy atom. The number of benzene rings is 2. The van der Waals surface area contributed by atoms with E-state index in [2.05, 4.69) is 11.1 Å². The minimum atomic E-state index is -0.434. The van der Waals surface area contributed by atoms with Gasteiger partial charge in [-0.1, -0.05) is 25.1 Å². The third kappa shape index (κ3) is 4.44. The van der Waals surface area contributed by atoms with E-state index in [0.717, 1.165) is 23.1 Å². The summed E-state index contributed by atoms with van der Waals surface area (Å²) in [5.74, 6) is 0.811. The second-order valence-corrected chi connectivity index (χ2v) is 7.25. The van der Waals surface area contributed by atoms with Crippen LogP contribution in [0.4, 0.5) is 0 Å². The summed E-state index contributed by atoms with van der Waals surface area (Å²) >= 11 is 0. The summed E-state index contributed by atoms with van der Waals surface area (Å²) < 4.78 is 12.2. The second-order valence-electron chi connectivity index (χ2n) is 7.25. The average molecular weight is 406 g/mol. The Morgan fingerprint density at radius 3 is 2.80 bits per heavy atom. The molecule has 2 N–H and O–H groups in total. The van der Waals surface area contributed by atoms with Crippen molar-refractivity contribution in [1.82, 2.24) is 4.90 Å². The summed E-state index contributed by atoms with van der Waals surface area (Å²) in [6.45, 7) is 4.54. The van der Waals surface area contributed by atoms with Crippen LogP contribution in [0.1, 0.15) is 37.4 Å². The largest absolute Gasteiger partial charge is 0.488 e. The molecule has 0 bridgehead atoms. The topological polar surface area (TPSA) is 101 Å². The molecule has 2 aromatic rings. The minimum Gasteiger partial charge on any atom is -0.488 e. The minimum absolute atomic E-state index is 0.108. The highest BCUT2D eigenvalue weighted by Gasteiger charge is 2.37. The van der Waals surface area contributed by atoms with E-state index in [1.807, 2.05) is 50.2 Å². The Balaban J connectivity index is 2.09. The molecule has 0 aliphatic carbocycles. The highest BCUT2D eigenvalue weighted by Crippen LogP contribution is 2.41. The van der Waals surface area contributed by atoms with Gasteiger partial charge < -0.3 is 15.2 Å². The molecular formula is C23H26N4O3. The number of nitrogens with zero attached hydrogens (tertiary/aromatic N) is 3. The lowest BCUT2D eigenvalue weighted by Crippen LogP contribution is -2.42. The number of ether oxygens (including phenoxy) is 2. The number of fused-ring (bicyclic) bond motifs is 1. The van der Waals surface area contributed by atoms with Crippen LogP contribution in [0.5, 0.6) is 5.75 Å². The summed E-state index contributed by atoms with van der Waals surface area (Å²) in [6, 6.07) is 15.0. The van der Waals surface area contributed by atoms with Crippen molar-refractivity contribution in [3.05, 3.63) is 53.6 Å². The number of guanidine groups is 1. The first-order chi connectivity index (χ1) is 14.5. The molecule has 0 saturated heterocycles. The Kier molecular flexibility index (Phi) is 6.70. The zero-order valence-electron chi connectivity index (χ0n) is 17.4. The lowest BCUT2D eigenvalue weighted by molar-refractivity contribution is -0.114. The normalized spacial score (nSPS) is 20.6. The van der Waals surface area contributed by atoms with Crippen LogP contribution in [0.15, 0.2) is 47.5 Å². The van der Waals surface area contributed by atoms with Crippen LogP contribution in [-0.4, -0.2) is 43.1 Å².